The number of carbonyl (C=O) groups is 1. The summed E-state index contributed by atoms with van der Waals surface area (Å²) in [6.07, 6.45) is 0. The molecule has 2 aromatic carbocycles. The van der Waals surface area contributed by atoms with Gasteiger partial charge in [0.25, 0.3) is 0 Å². The molecule has 4 nitrogen and oxygen atoms in total. The molecule has 0 aromatic heterocycles. The van der Waals surface area contributed by atoms with Gasteiger partial charge in [-0.2, -0.15) is 0 Å². The number of methoxy groups -OCH3 is 1. The number of carbonyl (C=O) groups excluding carboxylic acids is 1. The van der Waals surface area contributed by atoms with Crippen molar-refractivity contribution in [3.8, 4) is 5.75 Å². The average Bonchev–Trinajstić information content (AvgIpc) is 2.38. The van der Waals surface area contributed by atoms with E-state index in [-0.39, 0.29) is 5.69 Å². The summed E-state index contributed by atoms with van der Waals surface area (Å²) in [5, 5.41) is 4.87. The molecule has 0 unspecified atom stereocenters. The van der Waals surface area contributed by atoms with E-state index in [9.17, 15) is 13.6 Å². The zero-order valence-corrected chi connectivity index (χ0v) is 10.6. The number of anilines is 2. The second-order valence-corrected chi connectivity index (χ2v) is 3.97. The van der Waals surface area contributed by atoms with Gasteiger partial charge in [0.2, 0.25) is 0 Å². The van der Waals surface area contributed by atoms with E-state index in [2.05, 4.69) is 10.6 Å². The number of urea groups is 1. The van der Waals surface area contributed by atoms with Crippen LogP contribution < -0.4 is 15.4 Å². The van der Waals surface area contributed by atoms with Crippen LogP contribution >= 0.6 is 0 Å². The Morgan fingerprint density at radius 1 is 0.950 bits per heavy atom. The van der Waals surface area contributed by atoms with E-state index >= 15 is 0 Å². The monoisotopic (exact) mass is 278 g/mol. The lowest BCUT2D eigenvalue weighted by molar-refractivity contribution is 0.262. The highest BCUT2D eigenvalue weighted by molar-refractivity contribution is 5.99. The molecule has 0 fully saturated rings. The first-order valence-electron chi connectivity index (χ1n) is 5.75. The van der Waals surface area contributed by atoms with Gasteiger partial charge in [-0.15, -0.1) is 0 Å². The molecule has 0 aliphatic rings. The van der Waals surface area contributed by atoms with Gasteiger partial charge in [0, 0.05) is 17.4 Å². The summed E-state index contributed by atoms with van der Waals surface area (Å²) in [5.74, 6) is -0.863. The van der Waals surface area contributed by atoms with E-state index in [0.717, 1.165) is 18.2 Å². The van der Waals surface area contributed by atoms with Crippen molar-refractivity contribution in [2.24, 2.45) is 0 Å². The molecular weight excluding hydrogens is 266 g/mol. The summed E-state index contributed by atoms with van der Waals surface area (Å²) in [5.41, 5.74) is 0.564. The third kappa shape index (κ3) is 3.68. The van der Waals surface area contributed by atoms with Crippen LogP contribution in [0.1, 0.15) is 0 Å². The Kier molecular flexibility index (Phi) is 4.14. The van der Waals surface area contributed by atoms with Gasteiger partial charge < -0.3 is 15.4 Å². The fourth-order valence-electron chi connectivity index (χ4n) is 1.59. The van der Waals surface area contributed by atoms with Crippen LogP contribution in [0.2, 0.25) is 0 Å². The molecule has 2 amide bonds. The molecule has 6 heteroatoms. The summed E-state index contributed by atoms with van der Waals surface area (Å²) >= 11 is 0. The molecular formula is C14H12F2N2O2. The van der Waals surface area contributed by atoms with E-state index in [1.165, 1.54) is 7.11 Å². The van der Waals surface area contributed by atoms with Gasteiger partial charge in [-0.25, -0.2) is 13.6 Å². The first-order chi connectivity index (χ1) is 9.56. The highest BCUT2D eigenvalue weighted by Gasteiger charge is 2.05. The van der Waals surface area contributed by atoms with Gasteiger partial charge >= 0.3 is 6.03 Å². The van der Waals surface area contributed by atoms with Crippen LogP contribution in [-0.4, -0.2) is 13.1 Å². The average molecular weight is 278 g/mol. The minimum atomic E-state index is -0.759. The third-order valence-corrected chi connectivity index (χ3v) is 2.47. The molecule has 0 radical (unpaired) electrons. The molecule has 0 bridgehead atoms. The van der Waals surface area contributed by atoms with Crippen LogP contribution in [0, 0.1) is 11.6 Å². The molecule has 20 heavy (non-hydrogen) atoms. The lowest BCUT2D eigenvalue weighted by atomic mass is 10.3. The Morgan fingerprint density at radius 2 is 1.50 bits per heavy atom. The molecule has 2 rings (SSSR count). The lowest BCUT2D eigenvalue weighted by Crippen LogP contribution is -2.19. The number of ether oxygens (including phenoxy) is 1. The van der Waals surface area contributed by atoms with E-state index in [1.54, 1.807) is 24.3 Å². The zero-order chi connectivity index (χ0) is 14.5. The predicted octanol–water partition coefficient (Wildman–Crippen LogP) is 3.62. The number of hydrogen-bond acceptors (Lipinski definition) is 2. The summed E-state index contributed by atoms with van der Waals surface area (Å²) < 4.78 is 30.9. The van der Waals surface area contributed by atoms with E-state index in [0.29, 0.717) is 11.4 Å². The van der Waals surface area contributed by atoms with Crippen molar-refractivity contribution in [3.05, 3.63) is 54.1 Å². The Balaban J connectivity index is 2.01. The van der Waals surface area contributed by atoms with Crippen LogP contribution in [0.3, 0.4) is 0 Å². The highest BCUT2D eigenvalue weighted by Crippen LogP contribution is 2.16. The molecule has 104 valence electrons. The van der Waals surface area contributed by atoms with Gasteiger partial charge in [0.1, 0.15) is 17.4 Å². The third-order valence-electron chi connectivity index (χ3n) is 2.47. The largest absolute Gasteiger partial charge is 0.497 e. The Morgan fingerprint density at radius 3 is 2.05 bits per heavy atom. The van der Waals surface area contributed by atoms with Crippen LogP contribution in [0.5, 0.6) is 5.75 Å². The zero-order valence-electron chi connectivity index (χ0n) is 10.6. The van der Waals surface area contributed by atoms with Crippen LogP contribution in [0.15, 0.2) is 42.5 Å². The van der Waals surface area contributed by atoms with Gasteiger partial charge in [-0.05, 0) is 36.4 Å². The summed E-state index contributed by atoms with van der Waals surface area (Å²) in [6.45, 7) is 0. The fourth-order valence-corrected chi connectivity index (χ4v) is 1.59. The van der Waals surface area contributed by atoms with Crippen molar-refractivity contribution in [3.63, 3.8) is 0 Å². The molecule has 2 aromatic rings. The first-order valence-corrected chi connectivity index (χ1v) is 5.75. The lowest BCUT2D eigenvalue weighted by Gasteiger charge is -2.08. The van der Waals surface area contributed by atoms with Gasteiger partial charge in [-0.3, -0.25) is 0 Å². The normalized spacial score (nSPS) is 9.95. The van der Waals surface area contributed by atoms with Crippen LogP contribution in [0.25, 0.3) is 0 Å². The number of benzene rings is 2. The molecule has 0 aliphatic carbocycles. The number of nitrogens with one attached hydrogen (secondary N) is 2. The van der Waals surface area contributed by atoms with Crippen LogP contribution in [0.4, 0.5) is 25.0 Å². The molecule has 0 saturated carbocycles. The molecule has 0 aliphatic heterocycles. The van der Waals surface area contributed by atoms with Crippen molar-refractivity contribution in [2.75, 3.05) is 17.7 Å². The number of hydrogen-bond donors (Lipinski definition) is 2. The molecule has 2 N–H and O–H groups in total. The van der Waals surface area contributed by atoms with Gasteiger partial charge in [0.15, 0.2) is 0 Å². The molecule has 0 heterocycles. The predicted molar refractivity (Wildman–Crippen MR) is 72.0 cm³/mol. The standard InChI is InChI=1S/C14H12F2N2O2/c1-20-13-4-2-11(3-5-13)17-14(19)18-12-7-9(15)6-10(16)8-12/h2-8H,1H3,(H2,17,18,19). The number of rotatable bonds is 3. The summed E-state index contributed by atoms with van der Waals surface area (Å²) in [6, 6.07) is 8.82. The second kappa shape index (κ2) is 6.01. The minimum Gasteiger partial charge on any atom is -0.497 e. The summed E-state index contributed by atoms with van der Waals surface area (Å²) in [4.78, 5) is 11.7. The smallest absolute Gasteiger partial charge is 0.323 e. The quantitative estimate of drug-likeness (QED) is 0.901. The molecule has 0 atom stereocenters. The highest BCUT2D eigenvalue weighted by atomic mass is 19.1. The van der Waals surface area contributed by atoms with Crippen LogP contribution in [-0.2, 0) is 0 Å². The Labute approximate surface area is 114 Å². The van der Waals surface area contributed by atoms with Crippen molar-refractivity contribution in [2.45, 2.75) is 0 Å². The van der Waals surface area contributed by atoms with Crippen molar-refractivity contribution in [1.29, 1.82) is 0 Å². The van der Waals surface area contributed by atoms with E-state index in [4.69, 9.17) is 4.74 Å². The maximum Gasteiger partial charge on any atom is 0.323 e. The number of amides is 2. The Hall–Kier alpha value is -2.63. The van der Waals surface area contributed by atoms with Gasteiger partial charge in [0.05, 0.1) is 7.11 Å². The number of halogens is 2. The Bertz CT molecular complexity index is 595. The van der Waals surface area contributed by atoms with E-state index in [1.807, 2.05) is 0 Å². The van der Waals surface area contributed by atoms with Crippen molar-refractivity contribution < 1.29 is 18.3 Å². The maximum atomic E-state index is 13.0. The van der Waals surface area contributed by atoms with E-state index < -0.39 is 17.7 Å². The van der Waals surface area contributed by atoms with Gasteiger partial charge in [-0.1, -0.05) is 0 Å². The second-order valence-electron chi connectivity index (χ2n) is 3.97. The topological polar surface area (TPSA) is 50.4 Å². The maximum absolute atomic E-state index is 13.0. The van der Waals surface area contributed by atoms with Crippen molar-refractivity contribution >= 4 is 17.4 Å². The first kappa shape index (κ1) is 13.8. The SMILES string of the molecule is COc1ccc(NC(=O)Nc2cc(F)cc(F)c2)cc1. The molecule has 0 spiro atoms. The molecule has 0 saturated heterocycles. The minimum absolute atomic E-state index is 0.0357. The summed E-state index contributed by atoms with van der Waals surface area (Å²) in [7, 11) is 1.54. The fraction of sp³-hybridized carbons (Fsp3) is 0.0714. The van der Waals surface area contributed by atoms with Crippen molar-refractivity contribution in [1.82, 2.24) is 0 Å².